The monoisotopic (exact) mass is 1110 g/mol. The van der Waals surface area contributed by atoms with Crippen LogP contribution in [0.3, 0.4) is 0 Å². The van der Waals surface area contributed by atoms with E-state index in [2.05, 4.69) is 118 Å². The van der Waals surface area contributed by atoms with Crippen LogP contribution in [0.15, 0.2) is 97.2 Å². The van der Waals surface area contributed by atoms with E-state index in [0.29, 0.717) is 19.3 Å². The quantitative estimate of drug-likeness (QED) is 0.0261. The summed E-state index contributed by atoms with van der Waals surface area (Å²) >= 11 is 0. The van der Waals surface area contributed by atoms with Gasteiger partial charge in [-0.3, -0.25) is 14.4 Å². The molecule has 6 heteroatoms. The third-order valence-corrected chi connectivity index (χ3v) is 14.8. The van der Waals surface area contributed by atoms with Gasteiger partial charge in [0, 0.05) is 19.3 Å². The molecule has 1 atom stereocenters. The Balaban J connectivity index is 4.34. The third kappa shape index (κ3) is 65.1. The van der Waals surface area contributed by atoms with Gasteiger partial charge in [0.15, 0.2) is 6.10 Å². The first kappa shape index (κ1) is 76.3. The molecule has 0 N–H and O–H groups in total. The molecule has 0 aliphatic rings. The van der Waals surface area contributed by atoms with E-state index < -0.39 is 6.10 Å². The third-order valence-electron chi connectivity index (χ3n) is 14.8. The van der Waals surface area contributed by atoms with Gasteiger partial charge in [-0.15, -0.1) is 0 Å². The first-order valence-corrected chi connectivity index (χ1v) is 34.2. The molecule has 1 unspecified atom stereocenters. The van der Waals surface area contributed by atoms with E-state index in [-0.39, 0.29) is 31.1 Å². The summed E-state index contributed by atoms with van der Waals surface area (Å²) in [6, 6.07) is 0. The van der Waals surface area contributed by atoms with Crippen LogP contribution in [0.1, 0.15) is 335 Å². The number of allylic oxidation sites excluding steroid dienone is 16. The molecule has 0 aliphatic carbocycles. The molecule has 460 valence electrons. The number of hydrogen-bond donors (Lipinski definition) is 0. The highest BCUT2D eigenvalue weighted by Gasteiger charge is 2.19. The molecule has 0 aromatic carbocycles. The van der Waals surface area contributed by atoms with Crippen LogP contribution < -0.4 is 0 Å². The molecule has 80 heavy (non-hydrogen) atoms. The zero-order valence-electron chi connectivity index (χ0n) is 52.8. The maximum atomic E-state index is 12.9. The van der Waals surface area contributed by atoms with E-state index in [4.69, 9.17) is 14.2 Å². The summed E-state index contributed by atoms with van der Waals surface area (Å²) in [5, 5.41) is 0. The van der Waals surface area contributed by atoms with Crippen molar-refractivity contribution >= 4 is 17.9 Å². The zero-order chi connectivity index (χ0) is 57.8. The fraction of sp³-hybridized carbons (Fsp3) is 0.743. The molecular weight excluding hydrogens is 985 g/mol. The Morgan fingerprint density at radius 1 is 0.263 bits per heavy atom. The second-order valence-electron chi connectivity index (χ2n) is 22.7. The average molecular weight is 1110 g/mol. The summed E-state index contributed by atoms with van der Waals surface area (Å²) in [5.74, 6) is -0.879. The van der Waals surface area contributed by atoms with Gasteiger partial charge < -0.3 is 14.2 Å². The predicted octanol–water partition coefficient (Wildman–Crippen LogP) is 23.6. The van der Waals surface area contributed by atoms with E-state index in [1.807, 2.05) is 0 Å². The molecule has 0 spiro atoms. The van der Waals surface area contributed by atoms with Crippen molar-refractivity contribution in [1.29, 1.82) is 0 Å². The molecule has 0 saturated heterocycles. The molecule has 0 aromatic heterocycles. The summed E-state index contributed by atoms with van der Waals surface area (Å²) in [5.41, 5.74) is 0. The molecule has 0 saturated carbocycles. The molecule has 0 aliphatic heterocycles. The van der Waals surface area contributed by atoms with Crippen LogP contribution in [-0.2, 0) is 28.6 Å². The number of unbranched alkanes of at least 4 members (excludes halogenated alkanes) is 35. The van der Waals surface area contributed by atoms with Crippen molar-refractivity contribution in [3.8, 4) is 0 Å². The second-order valence-corrected chi connectivity index (χ2v) is 22.7. The van der Waals surface area contributed by atoms with Crippen molar-refractivity contribution in [2.45, 2.75) is 341 Å². The largest absolute Gasteiger partial charge is 0.462 e. The molecule has 0 radical (unpaired) electrons. The van der Waals surface area contributed by atoms with Gasteiger partial charge in [0.05, 0.1) is 0 Å². The molecule has 6 nitrogen and oxygen atoms in total. The Hall–Kier alpha value is -3.67. The lowest BCUT2D eigenvalue weighted by atomic mass is 10.0. The van der Waals surface area contributed by atoms with Gasteiger partial charge in [-0.25, -0.2) is 0 Å². The van der Waals surface area contributed by atoms with Crippen molar-refractivity contribution in [3.63, 3.8) is 0 Å². The summed E-state index contributed by atoms with van der Waals surface area (Å²) in [6.07, 6.45) is 91.3. The summed E-state index contributed by atoms with van der Waals surface area (Å²) in [7, 11) is 0. The topological polar surface area (TPSA) is 78.9 Å². The van der Waals surface area contributed by atoms with Crippen molar-refractivity contribution in [1.82, 2.24) is 0 Å². The molecular formula is C74H128O6. The standard InChI is InChI=1S/C74H128O6/c1-4-7-10-13-16-19-22-25-28-31-32-33-34-35-36-37-38-39-40-41-42-44-46-49-52-55-58-61-64-67-73(76)79-70-71(69-78-72(75)66-63-60-57-54-51-48-45-30-27-24-21-18-15-12-9-6-3)80-74(77)68-65-62-59-56-53-50-47-43-29-26-23-20-17-14-11-8-5-2/h7,10,16,19,25-26,28-29,32-33,35-36,38-39,41-42,71H,4-6,8-9,11-15,17-18,20-24,27,30-31,34,37,40,43-70H2,1-3H3/b10-7-,19-16-,28-25-,29-26-,33-32-,36-35-,39-38-,42-41-. The maximum absolute atomic E-state index is 12.9. The first-order chi connectivity index (χ1) is 39.5. The highest BCUT2D eigenvalue weighted by Crippen LogP contribution is 2.17. The van der Waals surface area contributed by atoms with Gasteiger partial charge in [0.1, 0.15) is 13.2 Å². The van der Waals surface area contributed by atoms with E-state index in [0.717, 1.165) is 109 Å². The van der Waals surface area contributed by atoms with Crippen LogP contribution in [0.5, 0.6) is 0 Å². The lowest BCUT2D eigenvalue weighted by Gasteiger charge is -2.18. The van der Waals surface area contributed by atoms with Gasteiger partial charge >= 0.3 is 17.9 Å². The molecule has 0 aromatic rings. The minimum atomic E-state index is -0.785. The van der Waals surface area contributed by atoms with Crippen LogP contribution in [-0.4, -0.2) is 37.2 Å². The van der Waals surface area contributed by atoms with Gasteiger partial charge in [-0.2, -0.15) is 0 Å². The number of carbonyl (C=O) groups is 3. The smallest absolute Gasteiger partial charge is 0.306 e. The van der Waals surface area contributed by atoms with Crippen LogP contribution in [0.4, 0.5) is 0 Å². The van der Waals surface area contributed by atoms with Gasteiger partial charge in [-0.1, -0.05) is 311 Å². The van der Waals surface area contributed by atoms with Crippen LogP contribution in [0, 0.1) is 0 Å². The van der Waals surface area contributed by atoms with E-state index in [1.54, 1.807) is 0 Å². The number of carbonyl (C=O) groups excluding carboxylic acids is 3. The fourth-order valence-electron chi connectivity index (χ4n) is 9.71. The van der Waals surface area contributed by atoms with Crippen LogP contribution >= 0.6 is 0 Å². The Kier molecular flexibility index (Phi) is 64.7. The molecule has 0 fully saturated rings. The SMILES string of the molecule is CC/C=C\C/C=C\C/C=C\C/C=C\C/C=C\C/C=C\C/C=C\CCCCCCCCCC(=O)OCC(COC(=O)CCCCCCCCCCCCCCCCCC)OC(=O)CCCCCCCCC/C=C\CCCCCCCC. The summed E-state index contributed by atoms with van der Waals surface area (Å²) in [4.78, 5) is 38.4. The molecule has 0 bridgehead atoms. The van der Waals surface area contributed by atoms with Crippen molar-refractivity contribution in [2.24, 2.45) is 0 Å². The normalized spacial score (nSPS) is 12.7. The molecule has 0 amide bonds. The lowest BCUT2D eigenvalue weighted by Crippen LogP contribution is -2.30. The van der Waals surface area contributed by atoms with Gasteiger partial charge in [0.25, 0.3) is 0 Å². The van der Waals surface area contributed by atoms with E-state index in [9.17, 15) is 14.4 Å². The van der Waals surface area contributed by atoms with E-state index >= 15 is 0 Å². The summed E-state index contributed by atoms with van der Waals surface area (Å²) in [6.45, 7) is 6.55. The maximum Gasteiger partial charge on any atom is 0.306 e. The fourth-order valence-corrected chi connectivity index (χ4v) is 9.71. The minimum absolute atomic E-state index is 0.0792. The van der Waals surface area contributed by atoms with Crippen LogP contribution in [0.2, 0.25) is 0 Å². The second kappa shape index (κ2) is 67.8. The van der Waals surface area contributed by atoms with Crippen molar-refractivity contribution in [2.75, 3.05) is 13.2 Å². The zero-order valence-corrected chi connectivity index (χ0v) is 52.8. The number of hydrogen-bond acceptors (Lipinski definition) is 6. The van der Waals surface area contributed by atoms with Crippen molar-refractivity contribution < 1.29 is 28.6 Å². The Morgan fingerprint density at radius 2 is 0.487 bits per heavy atom. The Morgan fingerprint density at radius 3 is 0.775 bits per heavy atom. The Bertz CT molecular complexity index is 1560. The number of esters is 3. The minimum Gasteiger partial charge on any atom is -0.462 e. The van der Waals surface area contributed by atoms with Gasteiger partial charge in [-0.05, 0) is 103 Å². The van der Waals surface area contributed by atoms with Crippen molar-refractivity contribution in [3.05, 3.63) is 97.2 Å². The highest BCUT2D eigenvalue weighted by atomic mass is 16.6. The summed E-state index contributed by atoms with van der Waals surface area (Å²) < 4.78 is 17.0. The van der Waals surface area contributed by atoms with Gasteiger partial charge in [0.2, 0.25) is 0 Å². The Labute approximate surface area is 496 Å². The average Bonchev–Trinajstić information content (AvgIpc) is 3.46. The lowest BCUT2D eigenvalue weighted by molar-refractivity contribution is -0.167. The first-order valence-electron chi connectivity index (χ1n) is 34.2. The molecule has 0 rings (SSSR count). The number of rotatable bonds is 62. The molecule has 0 heterocycles. The van der Waals surface area contributed by atoms with Crippen LogP contribution in [0.25, 0.3) is 0 Å². The number of ether oxygens (including phenoxy) is 3. The highest BCUT2D eigenvalue weighted by molar-refractivity contribution is 5.71. The predicted molar refractivity (Wildman–Crippen MR) is 348 cm³/mol. The van der Waals surface area contributed by atoms with E-state index in [1.165, 1.54) is 186 Å².